The van der Waals surface area contributed by atoms with Crippen molar-refractivity contribution in [3.05, 3.63) is 29.8 Å². The predicted molar refractivity (Wildman–Crippen MR) is 81.9 cm³/mol. The van der Waals surface area contributed by atoms with Crippen molar-refractivity contribution < 1.29 is 19.1 Å². The lowest BCUT2D eigenvalue weighted by atomic mass is 10.1. The quantitative estimate of drug-likeness (QED) is 0.476. The van der Waals surface area contributed by atoms with Gasteiger partial charge in [0.15, 0.2) is 11.5 Å². The highest BCUT2D eigenvalue weighted by molar-refractivity contribution is 6.28. The van der Waals surface area contributed by atoms with Crippen molar-refractivity contribution in [1.29, 1.82) is 0 Å². The molecule has 2 aliphatic heterocycles. The van der Waals surface area contributed by atoms with Crippen molar-refractivity contribution in [3.63, 3.8) is 0 Å². The molecule has 0 bridgehead atoms. The number of ether oxygens (including phenoxy) is 2. The van der Waals surface area contributed by atoms with Gasteiger partial charge in [-0.15, -0.1) is 0 Å². The number of benzene rings is 1. The molecule has 1 aromatic rings. The third kappa shape index (κ3) is 2.71. The topological polar surface area (TPSA) is 55.8 Å². The molecular formula is C17H19NO4. The molecule has 0 saturated carbocycles. The Hall–Kier alpha value is -2.30. The minimum atomic E-state index is -0.222. The van der Waals surface area contributed by atoms with Gasteiger partial charge in [0.1, 0.15) is 0 Å². The summed E-state index contributed by atoms with van der Waals surface area (Å²) in [6.07, 6.45) is 6.25. The average Bonchev–Trinajstić information content (AvgIpc) is 3.08. The first kappa shape index (κ1) is 14.6. The van der Waals surface area contributed by atoms with Crippen LogP contribution >= 0.6 is 0 Å². The van der Waals surface area contributed by atoms with Gasteiger partial charge in [-0.3, -0.25) is 9.59 Å². The number of unbranched alkanes of at least 4 members (excludes halogenated alkanes) is 3. The number of hydrogen-bond acceptors (Lipinski definition) is 4. The van der Waals surface area contributed by atoms with Crippen LogP contribution in [0.2, 0.25) is 0 Å². The van der Waals surface area contributed by atoms with Crippen LogP contribution in [-0.4, -0.2) is 18.6 Å². The Morgan fingerprint density at radius 2 is 2.00 bits per heavy atom. The van der Waals surface area contributed by atoms with Crippen molar-refractivity contribution in [3.8, 4) is 11.5 Å². The normalized spacial score (nSPS) is 18.6. The van der Waals surface area contributed by atoms with E-state index in [0.29, 0.717) is 22.8 Å². The standard InChI is InChI=1S/C17H19NO4/c1-2-3-4-5-6-12-9-16(19)18(17(12)20)13-7-8-14-15(10-13)22-11-21-14/h6-8,10H,2-5,9,11H2,1H3. The number of carbonyl (C=O) groups is 2. The first-order chi connectivity index (χ1) is 10.7. The highest BCUT2D eigenvalue weighted by Crippen LogP contribution is 2.37. The lowest BCUT2D eigenvalue weighted by Crippen LogP contribution is -2.28. The monoisotopic (exact) mass is 301 g/mol. The van der Waals surface area contributed by atoms with Crippen LogP contribution < -0.4 is 14.4 Å². The van der Waals surface area contributed by atoms with Crippen LogP contribution in [-0.2, 0) is 9.59 Å². The van der Waals surface area contributed by atoms with E-state index in [4.69, 9.17) is 9.47 Å². The zero-order valence-corrected chi connectivity index (χ0v) is 12.6. The fourth-order valence-corrected chi connectivity index (χ4v) is 2.69. The van der Waals surface area contributed by atoms with Gasteiger partial charge in [-0.25, -0.2) is 4.90 Å². The highest BCUT2D eigenvalue weighted by atomic mass is 16.7. The van der Waals surface area contributed by atoms with E-state index in [1.165, 1.54) is 4.90 Å². The van der Waals surface area contributed by atoms with E-state index in [2.05, 4.69) is 6.92 Å². The van der Waals surface area contributed by atoms with E-state index in [-0.39, 0.29) is 25.0 Å². The number of imide groups is 1. The second-order valence-electron chi connectivity index (χ2n) is 5.47. The number of hydrogen-bond donors (Lipinski definition) is 0. The summed E-state index contributed by atoms with van der Waals surface area (Å²) in [6.45, 7) is 2.31. The van der Waals surface area contributed by atoms with E-state index in [1.54, 1.807) is 18.2 Å². The van der Waals surface area contributed by atoms with E-state index in [0.717, 1.165) is 25.7 Å². The van der Waals surface area contributed by atoms with Gasteiger partial charge in [-0.1, -0.05) is 25.8 Å². The maximum atomic E-state index is 12.4. The van der Waals surface area contributed by atoms with E-state index < -0.39 is 0 Å². The lowest BCUT2D eigenvalue weighted by Gasteiger charge is -2.13. The van der Waals surface area contributed by atoms with Crippen molar-refractivity contribution in [1.82, 2.24) is 0 Å². The minimum absolute atomic E-state index is 0.170. The number of amides is 2. The molecule has 3 rings (SSSR count). The van der Waals surface area contributed by atoms with Gasteiger partial charge in [0.2, 0.25) is 12.7 Å². The second kappa shape index (κ2) is 6.22. The molecule has 1 aromatic carbocycles. The van der Waals surface area contributed by atoms with Crippen LogP contribution in [0.1, 0.15) is 39.0 Å². The fraction of sp³-hybridized carbons (Fsp3) is 0.412. The maximum absolute atomic E-state index is 12.4. The summed E-state index contributed by atoms with van der Waals surface area (Å²) >= 11 is 0. The van der Waals surface area contributed by atoms with Gasteiger partial charge in [0.25, 0.3) is 5.91 Å². The summed E-state index contributed by atoms with van der Waals surface area (Å²) in [5.41, 5.74) is 1.13. The zero-order chi connectivity index (χ0) is 15.5. The smallest absolute Gasteiger partial charge is 0.261 e. The zero-order valence-electron chi connectivity index (χ0n) is 12.6. The molecule has 1 saturated heterocycles. The lowest BCUT2D eigenvalue weighted by molar-refractivity contribution is -0.120. The van der Waals surface area contributed by atoms with Crippen LogP contribution in [0.5, 0.6) is 11.5 Å². The number of anilines is 1. The summed E-state index contributed by atoms with van der Waals surface area (Å²) < 4.78 is 10.5. The summed E-state index contributed by atoms with van der Waals surface area (Å²) in [5.74, 6) is 0.794. The molecule has 0 aromatic heterocycles. The van der Waals surface area contributed by atoms with Crippen molar-refractivity contribution in [2.45, 2.75) is 39.0 Å². The van der Waals surface area contributed by atoms with Crippen molar-refractivity contribution >= 4 is 17.5 Å². The molecule has 0 unspecified atom stereocenters. The molecule has 0 aliphatic carbocycles. The van der Waals surface area contributed by atoms with Crippen molar-refractivity contribution in [2.24, 2.45) is 0 Å². The van der Waals surface area contributed by atoms with Crippen LogP contribution in [0.25, 0.3) is 0 Å². The molecule has 0 spiro atoms. The number of fused-ring (bicyclic) bond motifs is 1. The molecule has 0 radical (unpaired) electrons. The van der Waals surface area contributed by atoms with Gasteiger partial charge in [0.05, 0.1) is 12.1 Å². The maximum Gasteiger partial charge on any atom is 0.261 e. The summed E-state index contributed by atoms with van der Waals surface area (Å²) in [5, 5.41) is 0. The van der Waals surface area contributed by atoms with Gasteiger partial charge in [-0.05, 0) is 25.0 Å². The molecule has 5 heteroatoms. The summed E-state index contributed by atoms with van der Waals surface area (Å²) in [4.78, 5) is 25.9. The molecule has 5 nitrogen and oxygen atoms in total. The molecule has 2 amide bonds. The van der Waals surface area contributed by atoms with Crippen LogP contribution in [0.3, 0.4) is 0 Å². The third-order valence-electron chi connectivity index (χ3n) is 3.88. The number of allylic oxidation sites excluding steroid dienone is 1. The molecule has 1 fully saturated rings. The van der Waals surface area contributed by atoms with Gasteiger partial charge in [-0.2, -0.15) is 0 Å². The number of rotatable bonds is 5. The van der Waals surface area contributed by atoms with Crippen LogP contribution in [0.15, 0.2) is 29.8 Å². The number of nitrogens with zero attached hydrogens (tertiary/aromatic N) is 1. The molecule has 0 atom stereocenters. The van der Waals surface area contributed by atoms with E-state index in [1.807, 2.05) is 6.08 Å². The van der Waals surface area contributed by atoms with Crippen LogP contribution in [0, 0.1) is 0 Å². The fourth-order valence-electron chi connectivity index (χ4n) is 2.69. The Labute approximate surface area is 129 Å². The van der Waals surface area contributed by atoms with Gasteiger partial charge >= 0.3 is 0 Å². The molecule has 0 N–H and O–H groups in total. The number of carbonyl (C=O) groups excluding carboxylic acids is 2. The minimum Gasteiger partial charge on any atom is -0.454 e. The molecule has 116 valence electrons. The molecular weight excluding hydrogens is 282 g/mol. The first-order valence-electron chi connectivity index (χ1n) is 7.66. The Kier molecular flexibility index (Phi) is 4.13. The third-order valence-corrected chi connectivity index (χ3v) is 3.88. The van der Waals surface area contributed by atoms with Gasteiger partial charge < -0.3 is 9.47 Å². The predicted octanol–water partition coefficient (Wildman–Crippen LogP) is 3.19. The molecule has 2 aliphatic rings. The largest absolute Gasteiger partial charge is 0.454 e. The summed E-state index contributed by atoms with van der Waals surface area (Å²) in [6, 6.07) is 5.11. The Balaban J connectivity index is 1.77. The van der Waals surface area contributed by atoms with Crippen molar-refractivity contribution in [2.75, 3.05) is 11.7 Å². The van der Waals surface area contributed by atoms with E-state index in [9.17, 15) is 9.59 Å². The Bertz CT molecular complexity index is 636. The molecule has 22 heavy (non-hydrogen) atoms. The molecule has 2 heterocycles. The Morgan fingerprint density at radius 3 is 2.82 bits per heavy atom. The van der Waals surface area contributed by atoms with Crippen LogP contribution in [0.4, 0.5) is 5.69 Å². The second-order valence-corrected chi connectivity index (χ2v) is 5.47. The Morgan fingerprint density at radius 1 is 1.18 bits per heavy atom. The van der Waals surface area contributed by atoms with E-state index >= 15 is 0 Å². The summed E-state index contributed by atoms with van der Waals surface area (Å²) in [7, 11) is 0. The average molecular weight is 301 g/mol. The van der Waals surface area contributed by atoms with Gasteiger partial charge in [0, 0.05) is 11.6 Å². The first-order valence-corrected chi connectivity index (χ1v) is 7.66. The SMILES string of the molecule is CCCCCC=C1CC(=O)N(c2ccc3c(c2)OCO3)C1=O. The highest BCUT2D eigenvalue weighted by Gasteiger charge is 2.35.